The first-order valence-electron chi connectivity index (χ1n) is 10.6. The number of hydrogen-bond donors (Lipinski definition) is 0. The number of nitrogens with zero attached hydrogens (tertiary/aromatic N) is 5. The molecule has 1 aliphatic rings. The Morgan fingerprint density at radius 2 is 1.78 bits per heavy atom. The minimum Gasteiger partial charge on any atom is -0.497 e. The second-order valence-electron chi connectivity index (χ2n) is 7.85. The molecule has 0 spiro atoms. The molecule has 9 heteroatoms. The fourth-order valence-corrected chi connectivity index (χ4v) is 3.39. The van der Waals surface area contributed by atoms with Gasteiger partial charge in [0, 0.05) is 43.9 Å². The number of ether oxygens (including phenoxy) is 2. The Bertz CT molecular complexity index is 1030. The Kier molecular flexibility index (Phi) is 6.53. The van der Waals surface area contributed by atoms with Crippen LogP contribution in [0.25, 0.3) is 11.4 Å². The molecule has 0 saturated carbocycles. The zero-order chi connectivity index (χ0) is 22.5. The Hall–Kier alpha value is -3.62. The van der Waals surface area contributed by atoms with Crippen LogP contribution >= 0.6 is 0 Å². The van der Waals surface area contributed by atoms with Crippen LogP contribution in [0.4, 0.5) is 5.82 Å². The molecule has 3 heterocycles. The summed E-state index contributed by atoms with van der Waals surface area (Å²) in [4.78, 5) is 25.5. The highest BCUT2D eigenvalue weighted by atomic mass is 16.5. The van der Waals surface area contributed by atoms with Crippen molar-refractivity contribution in [3.8, 4) is 22.9 Å². The molecule has 0 N–H and O–H groups in total. The van der Waals surface area contributed by atoms with Crippen molar-refractivity contribution in [3.05, 3.63) is 48.5 Å². The molecule has 2 aromatic heterocycles. The first-order chi connectivity index (χ1) is 15.5. The van der Waals surface area contributed by atoms with Crippen LogP contribution in [0.5, 0.6) is 11.5 Å². The van der Waals surface area contributed by atoms with Crippen LogP contribution in [0, 0.1) is 0 Å². The quantitative estimate of drug-likeness (QED) is 0.557. The zero-order valence-electron chi connectivity index (χ0n) is 18.5. The third-order valence-electron chi connectivity index (χ3n) is 5.32. The number of pyridine rings is 1. The molecular weight excluding hydrogens is 410 g/mol. The van der Waals surface area contributed by atoms with Gasteiger partial charge in [0.05, 0.1) is 7.11 Å². The average Bonchev–Trinajstić information content (AvgIpc) is 3.34. The minimum atomic E-state index is -0.0261. The van der Waals surface area contributed by atoms with Crippen molar-refractivity contribution in [2.75, 3.05) is 44.8 Å². The lowest BCUT2D eigenvalue weighted by molar-refractivity contribution is -0.133. The van der Waals surface area contributed by atoms with Crippen LogP contribution in [0.3, 0.4) is 0 Å². The van der Waals surface area contributed by atoms with Crippen LogP contribution in [0.15, 0.2) is 47.1 Å². The summed E-state index contributed by atoms with van der Waals surface area (Å²) in [5.41, 5.74) is 0.814. The van der Waals surface area contributed by atoms with Crippen LogP contribution in [0.1, 0.15) is 25.7 Å². The van der Waals surface area contributed by atoms with Crippen molar-refractivity contribution in [1.82, 2.24) is 20.0 Å². The van der Waals surface area contributed by atoms with Crippen molar-refractivity contribution >= 4 is 11.7 Å². The fourth-order valence-electron chi connectivity index (χ4n) is 3.39. The van der Waals surface area contributed by atoms with Crippen LogP contribution in [-0.4, -0.2) is 65.8 Å². The second-order valence-corrected chi connectivity index (χ2v) is 7.85. The molecule has 4 rings (SSSR count). The van der Waals surface area contributed by atoms with E-state index in [0.29, 0.717) is 43.6 Å². The number of piperazine rings is 1. The minimum absolute atomic E-state index is 0.0162. The van der Waals surface area contributed by atoms with E-state index in [1.165, 1.54) is 0 Å². The summed E-state index contributed by atoms with van der Waals surface area (Å²) < 4.78 is 16.0. The Balaban J connectivity index is 1.27. The van der Waals surface area contributed by atoms with Crippen LogP contribution < -0.4 is 14.4 Å². The van der Waals surface area contributed by atoms with Crippen LogP contribution in [-0.2, 0) is 4.79 Å². The van der Waals surface area contributed by atoms with Gasteiger partial charge in [-0.25, -0.2) is 4.98 Å². The number of amides is 1. The van der Waals surface area contributed by atoms with Gasteiger partial charge in [0.2, 0.25) is 11.7 Å². The van der Waals surface area contributed by atoms with Crippen molar-refractivity contribution < 1.29 is 18.8 Å². The van der Waals surface area contributed by atoms with E-state index in [0.717, 1.165) is 17.1 Å². The maximum atomic E-state index is 12.5. The van der Waals surface area contributed by atoms with E-state index in [2.05, 4.69) is 20.0 Å². The molecule has 0 bridgehead atoms. The molecule has 168 valence electrons. The molecular formula is C23H27N5O4. The van der Waals surface area contributed by atoms with Gasteiger partial charge in [-0.2, -0.15) is 4.98 Å². The first-order valence-corrected chi connectivity index (χ1v) is 10.6. The average molecular weight is 438 g/mol. The topological polar surface area (TPSA) is 93.8 Å². The van der Waals surface area contributed by atoms with Gasteiger partial charge in [0.1, 0.15) is 17.3 Å². The molecule has 1 saturated heterocycles. The number of methoxy groups -OCH3 is 1. The van der Waals surface area contributed by atoms with Crippen LogP contribution in [0.2, 0.25) is 0 Å². The molecule has 1 aromatic carbocycles. The lowest BCUT2D eigenvalue weighted by Gasteiger charge is -2.35. The smallest absolute Gasteiger partial charge is 0.260 e. The highest BCUT2D eigenvalue weighted by Gasteiger charge is 2.22. The maximum absolute atomic E-state index is 12.5. The van der Waals surface area contributed by atoms with Gasteiger partial charge in [0.15, 0.2) is 6.61 Å². The molecule has 0 radical (unpaired) electrons. The van der Waals surface area contributed by atoms with E-state index in [-0.39, 0.29) is 18.4 Å². The monoisotopic (exact) mass is 437 g/mol. The van der Waals surface area contributed by atoms with Crippen molar-refractivity contribution in [2.24, 2.45) is 0 Å². The highest BCUT2D eigenvalue weighted by molar-refractivity contribution is 5.78. The van der Waals surface area contributed by atoms with Gasteiger partial charge in [-0.15, -0.1) is 0 Å². The standard InChI is InChI=1S/C23H27N5O4/c1-16(2)23-25-22(26-32-23)17-4-9-20(24-14-17)27-10-12-28(13-11-27)21(29)15-31-19-7-5-18(30-3)6-8-19/h4-9,14,16H,10-13,15H2,1-3H3. The van der Waals surface area contributed by atoms with E-state index in [1.807, 2.05) is 30.9 Å². The lowest BCUT2D eigenvalue weighted by Crippen LogP contribution is -2.50. The summed E-state index contributed by atoms with van der Waals surface area (Å²) in [5.74, 6) is 3.57. The number of carbonyl (C=O) groups is 1. The third-order valence-corrected chi connectivity index (χ3v) is 5.32. The Morgan fingerprint density at radius 3 is 2.38 bits per heavy atom. The molecule has 9 nitrogen and oxygen atoms in total. The second kappa shape index (κ2) is 9.67. The highest BCUT2D eigenvalue weighted by Crippen LogP contribution is 2.22. The number of rotatable bonds is 7. The first kappa shape index (κ1) is 21.6. The summed E-state index contributed by atoms with van der Waals surface area (Å²) in [6.07, 6.45) is 1.75. The molecule has 3 aromatic rings. The SMILES string of the molecule is COc1ccc(OCC(=O)N2CCN(c3ccc(-c4noc(C(C)C)n4)cn3)CC2)cc1. The van der Waals surface area contributed by atoms with Crippen molar-refractivity contribution in [3.63, 3.8) is 0 Å². The predicted molar refractivity (Wildman–Crippen MR) is 119 cm³/mol. The van der Waals surface area contributed by atoms with E-state index in [1.54, 1.807) is 37.6 Å². The van der Waals surface area contributed by atoms with Gasteiger partial charge in [-0.3, -0.25) is 4.79 Å². The number of benzene rings is 1. The Labute approximate surface area is 187 Å². The van der Waals surface area contributed by atoms with E-state index in [9.17, 15) is 4.79 Å². The summed E-state index contributed by atoms with van der Waals surface area (Å²) in [5, 5.41) is 4.03. The lowest BCUT2D eigenvalue weighted by atomic mass is 10.2. The van der Waals surface area contributed by atoms with Gasteiger partial charge in [0.25, 0.3) is 5.91 Å². The normalized spacial score (nSPS) is 14.0. The number of aromatic nitrogens is 3. The number of hydrogen-bond acceptors (Lipinski definition) is 8. The number of carbonyl (C=O) groups excluding carboxylic acids is 1. The molecule has 0 atom stereocenters. The summed E-state index contributed by atoms with van der Waals surface area (Å²) in [6.45, 7) is 6.69. The van der Waals surface area contributed by atoms with Crippen molar-refractivity contribution in [1.29, 1.82) is 0 Å². The number of anilines is 1. The fraction of sp³-hybridized carbons (Fsp3) is 0.391. The molecule has 0 unspecified atom stereocenters. The Morgan fingerprint density at radius 1 is 1.06 bits per heavy atom. The van der Waals surface area contributed by atoms with Gasteiger partial charge in [-0.05, 0) is 36.4 Å². The molecule has 1 amide bonds. The van der Waals surface area contributed by atoms with Gasteiger partial charge >= 0.3 is 0 Å². The summed E-state index contributed by atoms with van der Waals surface area (Å²) in [6, 6.07) is 11.1. The molecule has 32 heavy (non-hydrogen) atoms. The van der Waals surface area contributed by atoms with Crippen molar-refractivity contribution in [2.45, 2.75) is 19.8 Å². The largest absolute Gasteiger partial charge is 0.497 e. The van der Waals surface area contributed by atoms with E-state index in [4.69, 9.17) is 14.0 Å². The van der Waals surface area contributed by atoms with E-state index >= 15 is 0 Å². The summed E-state index contributed by atoms with van der Waals surface area (Å²) >= 11 is 0. The summed E-state index contributed by atoms with van der Waals surface area (Å²) in [7, 11) is 1.61. The van der Waals surface area contributed by atoms with Gasteiger partial charge < -0.3 is 23.8 Å². The van der Waals surface area contributed by atoms with E-state index < -0.39 is 0 Å². The third kappa shape index (κ3) is 4.99. The predicted octanol–water partition coefficient (Wildman–Crippen LogP) is 2.99. The molecule has 1 aliphatic heterocycles. The zero-order valence-corrected chi connectivity index (χ0v) is 18.5. The molecule has 0 aliphatic carbocycles. The molecule has 1 fully saturated rings. The van der Waals surface area contributed by atoms with Gasteiger partial charge in [-0.1, -0.05) is 19.0 Å². The maximum Gasteiger partial charge on any atom is 0.260 e.